The SMILES string of the molecule is COCC(=O)N(Cc1ccccc1)Cc1ccc2c(c1)OCO2. The van der Waals surface area contributed by atoms with Crippen LogP contribution in [0, 0.1) is 0 Å². The van der Waals surface area contributed by atoms with Gasteiger partial charge in [-0.1, -0.05) is 36.4 Å². The molecule has 2 aromatic carbocycles. The molecule has 0 atom stereocenters. The Morgan fingerprint density at radius 1 is 1.04 bits per heavy atom. The van der Waals surface area contributed by atoms with Crippen LogP contribution in [0.3, 0.4) is 0 Å². The maximum absolute atomic E-state index is 12.3. The average molecular weight is 313 g/mol. The number of ether oxygens (including phenoxy) is 3. The molecule has 120 valence electrons. The van der Waals surface area contributed by atoms with E-state index in [0.29, 0.717) is 13.1 Å². The van der Waals surface area contributed by atoms with Gasteiger partial charge in [-0.25, -0.2) is 0 Å². The van der Waals surface area contributed by atoms with Crippen LogP contribution >= 0.6 is 0 Å². The Hall–Kier alpha value is -2.53. The van der Waals surface area contributed by atoms with Crippen molar-refractivity contribution in [2.45, 2.75) is 13.1 Å². The van der Waals surface area contributed by atoms with Crippen LogP contribution < -0.4 is 9.47 Å². The van der Waals surface area contributed by atoms with Crippen LogP contribution in [0.25, 0.3) is 0 Å². The van der Waals surface area contributed by atoms with E-state index in [2.05, 4.69) is 0 Å². The Morgan fingerprint density at radius 3 is 2.57 bits per heavy atom. The first kappa shape index (κ1) is 15.4. The van der Waals surface area contributed by atoms with Crippen LogP contribution in [0.4, 0.5) is 0 Å². The highest BCUT2D eigenvalue weighted by atomic mass is 16.7. The molecule has 23 heavy (non-hydrogen) atoms. The molecule has 0 aliphatic carbocycles. The molecule has 0 bridgehead atoms. The second kappa shape index (κ2) is 7.15. The van der Waals surface area contributed by atoms with Gasteiger partial charge in [-0.2, -0.15) is 0 Å². The topological polar surface area (TPSA) is 48.0 Å². The molecular formula is C18H19NO4. The lowest BCUT2D eigenvalue weighted by Gasteiger charge is -2.23. The molecule has 1 aliphatic heterocycles. The Balaban J connectivity index is 1.76. The number of amides is 1. The minimum Gasteiger partial charge on any atom is -0.454 e. The van der Waals surface area contributed by atoms with Crippen molar-refractivity contribution in [3.63, 3.8) is 0 Å². The maximum atomic E-state index is 12.3. The third-order valence-corrected chi connectivity index (χ3v) is 3.65. The lowest BCUT2D eigenvalue weighted by Crippen LogP contribution is -2.32. The van der Waals surface area contributed by atoms with Crippen LogP contribution in [0.5, 0.6) is 11.5 Å². The molecule has 0 spiro atoms. The van der Waals surface area contributed by atoms with Gasteiger partial charge in [0.1, 0.15) is 6.61 Å². The molecule has 0 saturated carbocycles. The Labute approximate surface area is 135 Å². The predicted octanol–water partition coefficient (Wildman–Crippen LogP) is 2.59. The van der Waals surface area contributed by atoms with Gasteiger partial charge in [0.05, 0.1) is 0 Å². The summed E-state index contributed by atoms with van der Waals surface area (Å²) in [6.07, 6.45) is 0. The Morgan fingerprint density at radius 2 is 1.78 bits per heavy atom. The number of hydrogen-bond donors (Lipinski definition) is 0. The van der Waals surface area contributed by atoms with E-state index in [9.17, 15) is 4.79 Å². The summed E-state index contributed by atoms with van der Waals surface area (Å²) < 4.78 is 15.7. The van der Waals surface area contributed by atoms with Gasteiger partial charge < -0.3 is 19.1 Å². The Kier molecular flexibility index (Phi) is 4.78. The second-order valence-electron chi connectivity index (χ2n) is 5.36. The van der Waals surface area contributed by atoms with E-state index in [1.54, 1.807) is 4.90 Å². The molecule has 0 radical (unpaired) electrons. The molecule has 3 rings (SSSR count). The van der Waals surface area contributed by atoms with Crippen molar-refractivity contribution >= 4 is 5.91 Å². The molecule has 2 aromatic rings. The van der Waals surface area contributed by atoms with Gasteiger partial charge in [0.2, 0.25) is 12.7 Å². The third kappa shape index (κ3) is 3.81. The van der Waals surface area contributed by atoms with Gasteiger partial charge in [0, 0.05) is 20.2 Å². The summed E-state index contributed by atoms with van der Waals surface area (Å²) in [6.45, 7) is 1.34. The fraction of sp³-hybridized carbons (Fsp3) is 0.278. The van der Waals surface area contributed by atoms with Gasteiger partial charge in [-0.3, -0.25) is 4.79 Å². The standard InChI is InChI=1S/C18H19NO4/c1-21-12-18(20)19(10-14-5-3-2-4-6-14)11-15-7-8-16-17(9-15)23-13-22-16/h2-9H,10-13H2,1H3. The molecular weight excluding hydrogens is 294 g/mol. The van der Waals surface area contributed by atoms with Crippen LogP contribution in [0.2, 0.25) is 0 Å². The highest BCUT2D eigenvalue weighted by Gasteiger charge is 2.17. The third-order valence-electron chi connectivity index (χ3n) is 3.65. The van der Waals surface area contributed by atoms with Crippen molar-refractivity contribution in [1.82, 2.24) is 4.90 Å². The van der Waals surface area contributed by atoms with Crippen molar-refractivity contribution in [3.8, 4) is 11.5 Å². The zero-order valence-electron chi connectivity index (χ0n) is 13.0. The minimum absolute atomic E-state index is 0.0472. The fourth-order valence-corrected chi connectivity index (χ4v) is 2.51. The summed E-state index contributed by atoms with van der Waals surface area (Å²) in [5.41, 5.74) is 2.08. The summed E-state index contributed by atoms with van der Waals surface area (Å²) in [5.74, 6) is 1.42. The zero-order valence-corrected chi connectivity index (χ0v) is 13.0. The zero-order chi connectivity index (χ0) is 16.1. The van der Waals surface area contributed by atoms with E-state index < -0.39 is 0 Å². The van der Waals surface area contributed by atoms with E-state index in [4.69, 9.17) is 14.2 Å². The number of carbonyl (C=O) groups is 1. The highest BCUT2D eigenvalue weighted by Crippen LogP contribution is 2.32. The first-order valence-corrected chi connectivity index (χ1v) is 7.45. The largest absolute Gasteiger partial charge is 0.454 e. The Bertz CT molecular complexity index is 672. The number of benzene rings is 2. The van der Waals surface area contributed by atoms with Crippen LogP contribution in [-0.2, 0) is 22.6 Å². The molecule has 5 nitrogen and oxygen atoms in total. The number of nitrogens with zero attached hydrogens (tertiary/aromatic N) is 1. The van der Waals surface area contributed by atoms with E-state index in [1.807, 2.05) is 48.5 Å². The molecule has 0 unspecified atom stereocenters. The predicted molar refractivity (Wildman–Crippen MR) is 85.1 cm³/mol. The highest BCUT2D eigenvalue weighted by molar-refractivity contribution is 5.77. The van der Waals surface area contributed by atoms with Crippen molar-refractivity contribution in [2.24, 2.45) is 0 Å². The number of methoxy groups -OCH3 is 1. The van der Waals surface area contributed by atoms with Gasteiger partial charge in [0.15, 0.2) is 11.5 Å². The van der Waals surface area contributed by atoms with Crippen molar-refractivity contribution in [1.29, 1.82) is 0 Å². The number of fused-ring (bicyclic) bond motifs is 1. The summed E-state index contributed by atoms with van der Waals surface area (Å²) >= 11 is 0. The molecule has 0 saturated heterocycles. The van der Waals surface area contributed by atoms with Crippen molar-refractivity contribution in [3.05, 3.63) is 59.7 Å². The summed E-state index contributed by atoms with van der Waals surface area (Å²) in [5, 5.41) is 0. The lowest BCUT2D eigenvalue weighted by molar-refractivity contribution is -0.136. The average Bonchev–Trinajstić information content (AvgIpc) is 3.03. The first-order chi connectivity index (χ1) is 11.3. The summed E-state index contributed by atoms with van der Waals surface area (Å²) in [7, 11) is 1.53. The number of rotatable bonds is 6. The van der Waals surface area contributed by atoms with E-state index in [-0.39, 0.29) is 19.3 Å². The molecule has 0 fully saturated rings. The van der Waals surface area contributed by atoms with E-state index in [0.717, 1.165) is 22.6 Å². The van der Waals surface area contributed by atoms with Crippen LogP contribution in [-0.4, -0.2) is 31.3 Å². The van der Waals surface area contributed by atoms with Gasteiger partial charge >= 0.3 is 0 Å². The number of carbonyl (C=O) groups excluding carboxylic acids is 1. The molecule has 5 heteroatoms. The molecule has 0 N–H and O–H groups in total. The summed E-state index contributed by atoms with van der Waals surface area (Å²) in [6, 6.07) is 15.6. The quantitative estimate of drug-likeness (QED) is 0.822. The van der Waals surface area contributed by atoms with Gasteiger partial charge in [-0.05, 0) is 23.3 Å². The molecule has 1 aliphatic rings. The molecule has 1 amide bonds. The molecule has 0 aromatic heterocycles. The first-order valence-electron chi connectivity index (χ1n) is 7.45. The van der Waals surface area contributed by atoms with E-state index >= 15 is 0 Å². The van der Waals surface area contributed by atoms with E-state index in [1.165, 1.54) is 7.11 Å². The number of hydrogen-bond acceptors (Lipinski definition) is 4. The smallest absolute Gasteiger partial charge is 0.249 e. The molecule has 1 heterocycles. The maximum Gasteiger partial charge on any atom is 0.249 e. The van der Waals surface area contributed by atoms with Crippen LogP contribution in [0.1, 0.15) is 11.1 Å². The lowest BCUT2D eigenvalue weighted by atomic mass is 10.1. The minimum atomic E-state index is -0.0472. The van der Waals surface area contributed by atoms with Crippen molar-refractivity contribution in [2.75, 3.05) is 20.5 Å². The summed E-state index contributed by atoms with van der Waals surface area (Å²) in [4.78, 5) is 14.1. The second-order valence-corrected chi connectivity index (χ2v) is 5.36. The monoisotopic (exact) mass is 313 g/mol. The van der Waals surface area contributed by atoms with Gasteiger partial charge in [0.25, 0.3) is 0 Å². The van der Waals surface area contributed by atoms with Crippen molar-refractivity contribution < 1.29 is 19.0 Å². The van der Waals surface area contributed by atoms with Crippen LogP contribution in [0.15, 0.2) is 48.5 Å². The van der Waals surface area contributed by atoms with Gasteiger partial charge in [-0.15, -0.1) is 0 Å². The normalized spacial score (nSPS) is 12.2. The fourth-order valence-electron chi connectivity index (χ4n) is 2.51.